The number of nitrogens with zero attached hydrogens (tertiary/aromatic N) is 3. The Hall–Kier alpha value is -3.60. The summed E-state index contributed by atoms with van der Waals surface area (Å²) in [5.41, 5.74) is 4.88. The third-order valence-electron chi connectivity index (χ3n) is 6.66. The third kappa shape index (κ3) is 5.40. The summed E-state index contributed by atoms with van der Waals surface area (Å²) in [5, 5.41) is 3.78. The molecular formula is C30H35FN4. The van der Waals surface area contributed by atoms with E-state index in [0.717, 1.165) is 47.6 Å². The first-order chi connectivity index (χ1) is 16.9. The van der Waals surface area contributed by atoms with E-state index >= 15 is 0 Å². The molecule has 4 aromatic rings. The van der Waals surface area contributed by atoms with Crippen LogP contribution in [0.4, 0.5) is 16.0 Å². The summed E-state index contributed by atoms with van der Waals surface area (Å²) >= 11 is 0. The van der Waals surface area contributed by atoms with Crippen molar-refractivity contribution in [1.29, 1.82) is 0 Å². The van der Waals surface area contributed by atoms with Gasteiger partial charge in [0.2, 0.25) is 5.95 Å². The van der Waals surface area contributed by atoms with Gasteiger partial charge in [-0.1, -0.05) is 61.9 Å². The molecule has 1 aromatic heterocycles. The topological polar surface area (TPSA) is 33.1 Å². The zero-order chi connectivity index (χ0) is 24.8. The van der Waals surface area contributed by atoms with Crippen molar-refractivity contribution in [3.63, 3.8) is 0 Å². The van der Waals surface area contributed by atoms with E-state index in [-0.39, 0.29) is 5.82 Å². The number of unbranched alkanes of at least 4 members (excludes halogenated alkanes) is 1. The van der Waals surface area contributed by atoms with Gasteiger partial charge in [0.1, 0.15) is 5.82 Å². The Morgan fingerprint density at radius 1 is 1.00 bits per heavy atom. The number of aromatic nitrogens is 2. The van der Waals surface area contributed by atoms with Crippen LogP contribution in [-0.4, -0.2) is 23.6 Å². The lowest BCUT2D eigenvalue weighted by atomic mass is 9.75. The Balaban J connectivity index is 1.94. The average molecular weight is 471 g/mol. The number of halogens is 1. The van der Waals surface area contributed by atoms with E-state index in [4.69, 9.17) is 0 Å². The van der Waals surface area contributed by atoms with Crippen LogP contribution in [0.15, 0.2) is 85.2 Å². The average Bonchev–Trinajstić information content (AvgIpc) is 3.26. The second-order valence-electron chi connectivity index (χ2n) is 9.40. The van der Waals surface area contributed by atoms with E-state index in [1.54, 1.807) is 18.3 Å². The van der Waals surface area contributed by atoms with Gasteiger partial charge in [-0.25, -0.2) is 9.37 Å². The van der Waals surface area contributed by atoms with E-state index in [9.17, 15) is 4.39 Å². The summed E-state index contributed by atoms with van der Waals surface area (Å²) in [4.78, 5) is 6.69. The molecule has 0 amide bonds. The molecule has 4 nitrogen and oxygen atoms in total. The molecule has 0 radical (unpaired) electrons. The van der Waals surface area contributed by atoms with Crippen LogP contribution in [0.3, 0.4) is 0 Å². The van der Waals surface area contributed by atoms with Crippen LogP contribution in [0.5, 0.6) is 0 Å². The largest absolute Gasteiger partial charge is 0.378 e. The zero-order valence-corrected chi connectivity index (χ0v) is 21.1. The van der Waals surface area contributed by atoms with E-state index in [0.29, 0.717) is 6.42 Å². The molecule has 1 heterocycles. The molecule has 4 rings (SSSR count). The van der Waals surface area contributed by atoms with Gasteiger partial charge in [0, 0.05) is 45.6 Å². The van der Waals surface area contributed by atoms with Crippen molar-refractivity contribution < 1.29 is 4.39 Å². The van der Waals surface area contributed by atoms with Crippen molar-refractivity contribution in [2.45, 2.75) is 38.1 Å². The predicted molar refractivity (Wildman–Crippen MR) is 144 cm³/mol. The molecule has 0 fully saturated rings. The highest BCUT2D eigenvalue weighted by Gasteiger charge is 2.37. The fraction of sp³-hybridized carbons (Fsp3) is 0.300. The van der Waals surface area contributed by atoms with Gasteiger partial charge in [-0.3, -0.25) is 0 Å². The summed E-state index contributed by atoms with van der Waals surface area (Å²) in [6.07, 6.45) is 7.52. The van der Waals surface area contributed by atoms with E-state index in [1.165, 1.54) is 11.6 Å². The van der Waals surface area contributed by atoms with Crippen molar-refractivity contribution in [2.24, 2.45) is 7.05 Å². The Morgan fingerprint density at radius 3 is 2.43 bits per heavy atom. The number of benzene rings is 3. The highest BCUT2D eigenvalue weighted by molar-refractivity contribution is 5.54. The molecule has 3 aromatic carbocycles. The molecule has 0 saturated carbocycles. The molecular weight excluding hydrogens is 435 g/mol. The molecule has 0 aliphatic carbocycles. The molecule has 1 N–H and O–H groups in total. The van der Waals surface area contributed by atoms with Crippen molar-refractivity contribution in [1.82, 2.24) is 9.55 Å². The normalized spacial score (nSPS) is 12.8. The molecule has 0 bridgehead atoms. The van der Waals surface area contributed by atoms with Gasteiger partial charge in [-0.2, -0.15) is 0 Å². The smallest absolute Gasteiger partial charge is 0.203 e. The number of rotatable bonds is 10. The molecule has 182 valence electrons. The molecule has 1 unspecified atom stereocenters. The van der Waals surface area contributed by atoms with Gasteiger partial charge in [-0.05, 0) is 59.4 Å². The maximum Gasteiger partial charge on any atom is 0.203 e. The minimum atomic E-state index is -0.717. The minimum absolute atomic E-state index is 0.248. The molecule has 1 atom stereocenters. The van der Waals surface area contributed by atoms with Crippen LogP contribution in [0.1, 0.15) is 42.0 Å². The van der Waals surface area contributed by atoms with Crippen LogP contribution in [0.2, 0.25) is 0 Å². The number of hydrogen-bond acceptors (Lipinski definition) is 3. The first-order valence-corrected chi connectivity index (χ1v) is 12.3. The number of anilines is 2. The van der Waals surface area contributed by atoms with Crippen LogP contribution < -0.4 is 10.2 Å². The first kappa shape index (κ1) is 24.5. The Kier molecular flexibility index (Phi) is 7.54. The van der Waals surface area contributed by atoms with Gasteiger partial charge in [0.25, 0.3) is 0 Å². The summed E-state index contributed by atoms with van der Waals surface area (Å²) in [6, 6.07) is 24.1. The van der Waals surface area contributed by atoms with E-state index in [1.807, 2.05) is 38.0 Å². The maximum atomic E-state index is 14.7. The number of aryl methyl sites for hydroxylation is 2. The van der Waals surface area contributed by atoms with Crippen molar-refractivity contribution in [3.8, 4) is 0 Å². The number of imidazole rings is 1. The quantitative estimate of drug-likeness (QED) is 0.285. The van der Waals surface area contributed by atoms with Crippen LogP contribution in [-0.2, 0) is 25.4 Å². The van der Waals surface area contributed by atoms with Gasteiger partial charge in [0.15, 0.2) is 0 Å². The van der Waals surface area contributed by atoms with Crippen molar-refractivity contribution >= 4 is 11.6 Å². The zero-order valence-electron chi connectivity index (χ0n) is 21.1. The highest BCUT2D eigenvalue weighted by Crippen LogP contribution is 2.39. The summed E-state index contributed by atoms with van der Waals surface area (Å²) in [7, 11) is 6.05. The molecule has 0 saturated heterocycles. The molecule has 5 heteroatoms. The van der Waals surface area contributed by atoms with Crippen LogP contribution in [0, 0.1) is 5.82 Å². The van der Waals surface area contributed by atoms with Crippen LogP contribution >= 0.6 is 0 Å². The maximum absolute atomic E-state index is 14.7. The van der Waals surface area contributed by atoms with Crippen molar-refractivity contribution in [3.05, 3.63) is 113 Å². The summed E-state index contributed by atoms with van der Waals surface area (Å²) in [6.45, 7) is 2.21. The second-order valence-corrected chi connectivity index (χ2v) is 9.40. The standard InChI is InChI=1S/C30H35FN4/c1-5-6-10-24-11-7-8-14-28(24)30(25-12-9-13-26(31)21-25,33-29-32-19-20-35(29)4)22-23-15-17-27(18-16-23)34(2)3/h7-9,11-21H,5-6,10,22H2,1-4H3,(H,32,33). The van der Waals surface area contributed by atoms with Gasteiger partial charge >= 0.3 is 0 Å². The molecule has 35 heavy (non-hydrogen) atoms. The molecule has 0 aliphatic heterocycles. The Morgan fingerprint density at radius 2 is 1.77 bits per heavy atom. The van der Waals surface area contributed by atoms with Gasteiger partial charge < -0.3 is 14.8 Å². The van der Waals surface area contributed by atoms with Crippen LogP contribution in [0.25, 0.3) is 0 Å². The fourth-order valence-corrected chi connectivity index (χ4v) is 4.71. The Labute approximate surface area is 208 Å². The summed E-state index contributed by atoms with van der Waals surface area (Å²) < 4.78 is 16.7. The Bertz CT molecular complexity index is 1250. The highest BCUT2D eigenvalue weighted by atomic mass is 19.1. The third-order valence-corrected chi connectivity index (χ3v) is 6.66. The monoisotopic (exact) mass is 470 g/mol. The number of hydrogen-bond donors (Lipinski definition) is 1. The molecule has 0 aliphatic rings. The fourth-order valence-electron chi connectivity index (χ4n) is 4.71. The summed E-state index contributed by atoms with van der Waals surface area (Å²) in [5.74, 6) is 0.493. The van der Waals surface area contributed by atoms with Crippen molar-refractivity contribution in [2.75, 3.05) is 24.3 Å². The SMILES string of the molecule is CCCCc1ccccc1C(Cc1ccc(N(C)C)cc1)(Nc1nccn1C)c1cccc(F)c1. The van der Waals surface area contributed by atoms with Gasteiger partial charge in [-0.15, -0.1) is 0 Å². The minimum Gasteiger partial charge on any atom is -0.378 e. The van der Waals surface area contributed by atoms with E-state index in [2.05, 4.69) is 70.7 Å². The number of nitrogens with one attached hydrogen (secondary N) is 1. The first-order valence-electron chi connectivity index (χ1n) is 12.3. The van der Waals surface area contributed by atoms with Gasteiger partial charge in [0.05, 0.1) is 5.54 Å². The lowest BCUT2D eigenvalue weighted by Gasteiger charge is -2.38. The van der Waals surface area contributed by atoms with E-state index < -0.39 is 5.54 Å². The lowest BCUT2D eigenvalue weighted by molar-refractivity contribution is 0.555. The second kappa shape index (κ2) is 10.8. The predicted octanol–water partition coefficient (Wildman–Crippen LogP) is 6.57. The lowest BCUT2D eigenvalue weighted by Crippen LogP contribution is -2.41. The molecule has 0 spiro atoms.